The van der Waals surface area contributed by atoms with Crippen LogP contribution in [0.4, 0.5) is 21.7 Å². The number of fused-ring (bicyclic) bond motifs is 2. The zero-order valence-electron chi connectivity index (χ0n) is 17.2. The van der Waals surface area contributed by atoms with Gasteiger partial charge in [-0.1, -0.05) is 6.07 Å². The monoisotopic (exact) mass is 421 g/mol. The summed E-state index contributed by atoms with van der Waals surface area (Å²) in [5.74, 6) is -0.358. The van der Waals surface area contributed by atoms with Gasteiger partial charge in [-0.2, -0.15) is 0 Å². The van der Waals surface area contributed by atoms with E-state index in [4.69, 9.17) is 5.73 Å². The first-order chi connectivity index (χ1) is 15.0. The molecule has 31 heavy (non-hydrogen) atoms. The molecular formula is C22H24FN7O. The smallest absolute Gasteiger partial charge is 0.255 e. The molecule has 1 atom stereocenters. The normalized spacial score (nSPS) is 20.4. The average Bonchev–Trinajstić information content (AvgIpc) is 3.16. The Kier molecular flexibility index (Phi) is 4.62. The molecule has 0 unspecified atom stereocenters. The van der Waals surface area contributed by atoms with Crippen LogP contribution in [-0.2, 0) is 5.41 Å². The largest absolute Gasteiger partial charge is 0.368 e. The number of rotatable bonds is 3. The molecule has 1 fully saturated rings. The third-order valence-electron chi connectivity index (χ3n) is 6.27. The molecule has 0 aliphatic carbocycles. The second-order valence-corrected chi connectivity index (χ2v) is 8.21. The van der Waals surface area contributed by atoms with Crippen molar-refractivity contribution in [2.24, 2.45) is 0 Å². The Balaban J connectivity index is 1.73. The predicted molar refractivity (Wildman–Crippen MR) is 117 cm³/mol. The van der Waals surface area contributed by atoms with Gasteiger partial charge in [-0.15, -0.1) is 0 Å². The van der Waals surface area contributed by atoms with Crippen LogP contribution in [0.5, 0.6) is 0 Å². The lowest BCUT2D eigenvalue weighted by atomic mass is 9.74. The number of hydrogen-bond donors (Lipinski definition) is 5. The van der Waals surface area contributed by atoms with Crippen LogP contribution >= 0.6 is 0 Å². The van der Waals surface area contributed by atoms with Crippen LogP contribution in [0.25, 0.3) is 11.4 Å². The van der Waals surface area contributed by atoms with Crippen molar-refractivity contribution < 1.29 is 9.18 Å². The molecule has 2 aromatic heterocycles. The van der Waals surface area contributed by atoms with Crippen LogP contribution in [0.15, 0.2) is 30.5 Å². The number of nitrogens with one attached hydrogen (secondary N) is 4. The Morgan fingerprint density at radius 2 is 2.13 bits per heavy atom. The van der Waals surface area contributed by atoms with Gasteiger partial charge in [0.2, 0.25) is 5.95 Å². The van der Waals surface area contributed by atoms with Gasteiger partial charge in [-0.25, -0.2) is 14.4 Å². The van der Waals surface area contributed by atoms with Crippen molar-refractivity contribution in [3.8, 4) is 11.4 Å². The van der Waals surface area contributed by atoms with Crippen molar-refractivity contribution in [1.82, 2.24) is 25.6 Å². The standard InChI is InChI=1S/C22H24FN7O/c1-12-13(23)4-2-5-14(12)28-18-16-19(30-17(18)15-6-9-26-21(24)29-15)22(11-27-20(16)31)7-3-8-25-10-22/h2,4-6,9,25,28,30H,3,7-8,10-11H2,1H3,(H,27,31)(H2,24,26,29)/t22-/m0/s1. The van der Waals surface area contributed by atoms with Gasteiger partial charge in [-0.05, 0) is 44.5 Å². The summed E-state index contributed by atoms with van der Waals surface area (Å²) < 4.78 is 14.2. The summed E-state index contributed by atoms with van der Waals surface area (Å²) in [4.78, 5) is 24.9. The Hall–Kier alpha value is -3.46. The molecule has 160 valence electrons. The highest BCUT2D eigenvalue weighted by molar-refractivity contribution is 6.06. The fourth-order valence-corrected chi connectivity index (χ4v) is 4.59. The molecule has 2 aliphatic heterocycles. The highest BCUT2D eigenvalue weighted by Gasteiger charge is 2.44. The number of nitrogens with zero attached hydrogens (tertiary/aromatic N) is 2. The summed E-state index contributed by atoms with van der Waals surface area (Å²) in [5.41, 5.74) is 9.79. The number of aromatic nitrogens is 3. The minimum Gasteiger partial charge on any atom is -0.368 e. The zero-order valence-corrected chi connectivity index (χ0v) is 17.2. The first kappa shape index (κ1) is 19.5. The maximum atomic E-state index is 14.2. The molecule has 0 bridgehead atoms. The van der Waals surface area contributed by atoms with Crippen molar-refractivity contribution in [2.45, 2.75) is 25.2 Å². The number of benzene rings is 1. The van der Waals surface area contributed by atoms with Crippen LogP contribution in [0, 0.1) is 12.7 Å². The topological polar surface area (TPSA) is 121 Å². The first-order valence-electron chi connectivity index (χ1n) is 10.3. The fourth-order valence-electron chi connectivity index (χ4n) is 4.59. The quantitative estimate of drug-likeness (QED) is 0.443. The predicted octanol–water partition coefficient (Wildman–Crippen LogP) is 2.61. The first-order valence-corrected chi connectivity index (χ1v) is 10.3. The van der Waals surface area contributed by atoms with E-state index in [0.29, 0.717) is 40.4 Å². The number of carbonyl (C=O) groups excluding carboxylic acids is 1. The third-order valence-corrected chi connectivity index (χ3v) is 6.27. The highest BCUT2D eigenvalue weighted by atomic mass is 19.1. The molecule has 1 aromatic carbocycles. The average molecular weight is 421 g/mol. The summed E-state index contributed by atoms with van der Waals surface area (Å²) in [6.07, 6.45) is 3.53. The van der Waals surface area contributed by atoms with Gasteiger partial charge in [0.15, 0.2) is 0 Å². The van der Waals surface area contributed by atoms with E-state index in [9.17, 15) is 9.18 Å². The Labute approximate surface area is 178 Å². The molecule has 1 spiro atoms. The minimum absolute atomic E-state index is 0.136. The molecule has 3 aromatic rings. The van der Waals surface area contributed by atoms with Crippen LogP contribution < -0.4 is 21.7 Å². The number of hydrogen-bond acceptors (Lipinski definition) is 6. The molecule has 6 N–H and O–H groups in total. The number of halogens is 1. The number of nitrogens with two attached hydrogens (primary N) is 1. The summed E-state index contributed by atoms with van der Waals surface area (Å²) in [6, 6.07) is 6.57. The maximum absolute atomic E-state index is 14.2. The van der Waals surface area contributed by atoms with Crippen LogP contribution in [0.2, 0.25) is 0 Å². The van der Waals surface area contributed by atoms with Gasteiger partial charge in [-0.3, -0.25) is 4.79 Å². The van der Waals surface area contributed by atoms with Crippen molar-refractivity contribution in [1.29, 1.82) is 0 Å². The molecule has 4 heterocycles. The number of piperidine rings is 1. The number of aromatic amines is 1. The molecule has 1 amide bonds. The van der Waals surface area contributed by atoms with Crippen molar-refractivity contribution in [3.63, 3.8) is 0 Å². The Morgan fingerprint density at radius 1 is 1.26 bits per heavy atom. The van der Waals surface area contributed by atoms with Gasteiger partial charge < -0.3 is 26.7 Å². The fraction of sp³-hybridized carbons (Fsp3) is 0.318. The van der Waals surface area contributed by atoms with E-state index < -0.39 is 0 Å². The molecule has 2 aliphatic rings. The minimum atomic E-state index is -0.320. The van der Waals surface area contributed by atoms with E-state index in [1.165, 1.54) is 6.07 Å². The lowest BCUT2D eigenvalue weighted by Gasteiger charge is -2.40. The van der Waals surface area contributed by atoms with Crippen molar-refractivity contribution >= 4 is 23.2 Å². The molecule has 0 saturated carbocycles. The molecule has 1 saturated heterocycles. The van der Waals surface area contributed by atoms with E-state index >= 15 is 0 Å². The van der Waals surface area contributed by atoms with Crippen LogP contribution in [0.1, 0.15) is 34.5 Å². The molecule has 0 radical (unpaired) electrons. The number of nitrogen functional groups attached to an aromatic ring is 1. The summed E-state index contributed by atoms with van der Waals surface area (Å²) in [7, 11) is 0. The number of anilines is 3. The van der Waals surface area contributed by atoms with Crippen LogP contribution in [0.3, 0.4) is 0 Å². The van der Waals surface area contributed by atoms with Crippen LogP contribution in [-0.4, -0.2) is 40.5 Å². The Morgan fingerprint density at radius 3 is 2.90 bits per heavy atom. The van der Waals surface area contributed by atoms with E-state index in [-0.39, 0.29) is 23.1 Å². The van der Waals surface area contributed by atoms with Gasteiger partial charge in [0.05, 0.1) is 22.6 Å². The highest BCUT2D eigenvalue weighted by Crippen LogP contribution is 2.43. The second-order valence-electron chi connectivity index (χ2n) is 8.21. The van der Waals surface area contributed by atoms with E-state index in [1.54, 1.807) is 31.3 Å². The number of carbonyl (C=O) groups is 1. The van der Waals surface area contributed by atoms with Crippen molar-refractivity contribution in [2.75, 3.05) is 30.7 Å². The summed E-state index contributed by atoms with van der Waals surface area (Å²) in [6.45, 7) is 3.96. The second kappa shape index (κ2) is 7.35. The lowest BCUT2D eigenvalue weighted by molar-refractivity contribution is 0.0916. The van der Waals surface area contributed by atoms with E-state index in [2.05, 4.69) is 30.9 Å². The number of amides is 1. The van der Waals surface area contributed by atoms with Gasteiger partial charge in [0.1, 0.15) is 5.82 Å². The van der Waals surface area contributed by atoms with Gasteiger partial charge in [0.25, 0.3) is 5.91 Å². The van der Waals surface area contributed by atoms with Gasteiger partial charge >= 0.3 is 0 Å². The van der Waals surface area contributed by atoms with Gasteiger partial charge in [0, 0.05) is 41.6 Å². The molecule has 9 heteroatoms. The summed E-state index contributed by atoms with van der Waals surface area (Å²) in [5, 5.41) is 9.82. The molecule has 5 rings (SSSR count). The molecular weight excluding hydrogens is 397 g/mol. The molecule has 8 nitrogen and oxygen atoms in total. The number of H-pyrrole nitrogens is 1. The lowest BCUT2D eigenvalue weighted by Crippen LogP contribution is -2.54. The SMILES string of the molecule is Cc1c(F)cccc1Nc1c(-c2ccnc(N)n2)[nH]c2c1C(=O)NC[C@@]21CCCNC1. The van der Waals surface area contributed by atoms with E-state index in [1.807, 2.05) is 0 Å². The van der Waals surface area contributed by atoms with Crippen molar-refractivity contribution in [3.05, 3.63) is 53.1 Å². The zero-order chi connectivity index (χ0) is 21.6. The summed E-state index contributed by atoms with van der Waals surface area (Å²) >= 11 is 0. The maximum Gasteiger partial charge on any atom is 0.255 e. The van der Waals surface area contributed by atoms with E-state index in [0.717, 1.165) is 31.6 Å². The Bertz CT molecular complexity index is 1170. The third kappa shape index (κ3) is 3.21.